The number of aromatic nitrogens is 2. The largest absolute Gasteiger partial charge is 0.383 e. The van der Waals surface area contributed by atoms with Gasteiger partial charge in [-0.15, -0.1) is 0 Å². The van der Waals surface area contributed by atoms with Gasteiger partial charge in [-0.1, -0.05) is 13.3 Å². The van der Waals surface area contributed by atoms with Crippen molar-refractivity contribution in [2.45, 2.75) is 46.0 Å². The standard InChI is InChI=1S/C14H26N4S/c1-4-8-12-17-13(15)11(2)14(18-12)16-9-6-5-7-10-19-3/h4-10H2,1-3H3,(H3,15,16,17,18). The molecule has 0 fully saturated rings. The van der Waals surface area contributed by atoms with Gasteiger partial charge in [-0.2, -0.15) is 11.8 Å². The zero-order chi connectivity index (χ0) is 14.1. The van der Waals surface area contributed by atoms with E-state index in [9.17, 15) is 0 Å². The number of thioether (sulfide) groups is 1. The highest BCUT2D eigenvalue weighted by Gasteiger charge is 2.07. The first-order valence-electron chi connectivity index (χ1n) is 7.04. The second kappa shape index (κ2) is 9.02. The summed E-state index contributed by atoms with van der Waals surface area (Å²) < 4.78 is 0. The summed E-state index contributed by atoms with van der Waals surface area (Å²) in [5.74, 6) is 3.60. The normalized spacial score (nSPS) is 10.7. The lowest BCUT2D eigenvalue weighted by Crippen LogP contribution is -2.10. The van der Waals surface area contributed by atoms with Gasteiger partial charge in [0.05, 0.1) is 0 Å². The molecule has 0 saturated carbocycles. The molecule has 0 spiro atoms. The van der Waals surface area contributed by atoms with Crippen molar-refractivity contribution >= 4 is 23.4 Å². The molecule has 1 heterocycles. The van der Waals surface area contributed by atoms with Crippen molar-refractivity contribution in [3.8, 4) is 0 Å². The summed E-state index contributed by atoms with van der Waals surface area (Å²) in [6, 6.07) is 0. The summed E-state index contributed by atoms with van der Waals surface area (Å²) in [7, 11) is 0. The van der Waals surface area contributed by atoms with Crippen LogP contribution in [0.25, 0.3) is 0 Å². The Bertz CT molecular complexity index is 382. The van der Waals surface area contributed by atoms with Gasteiger partial charge in [0.2, 0.25) is 0 Å². The Balaban J connectivity index is 2.47. The first kappa shape index (κ1) is 16.1. The van der Waals surface area contributed by atoms with Gasteiger partial charge in [-0.3, -0.25) is 0 Å². The van der Waals surface area contributed by atoms with E-state index in [1.54, 1.807) is 0 Å². The summed E-state index contributed by atoms with van der Waals surface area (Å²) in [6.07, 6.45) is 7.79. The quantitative estimate of drug-likeness (QED) is 0.681. The van der Waals surface area contributed by atoms with E-state index in [0.29, 0.717) is 5.82 Å². The number of nitrogens with one attached hydrogen (secondary N) is 1. The fraction of sp³-hybridized carbons (Fsp3) is 0.714. The van der Waals surface area contributed by atoms with Gasteiger partial charge in [0.1, 0.15) is 17.5 Å². The monoisotopic (exact) mass is 282 g/mol. The third-order valence-electron chi connectivity index (χ3n) is 3.02. The molecule has 1 rings (SSSR count). The first-order valence-corrected chi connectivity index (χ1v) is 8.44. The second-order valence-corrected chi connectivity index (χ2v) is 5.71. The van der Waals surface area contributed by atoms with Crippen LogP contribution in [0.2, 0.25) is 0 Å². The molecule has 0 unspecified atom stereocenters. The van der Waals surface area contributed by atoms with E-state index in [4.69, 9.17) is 5.73 Å². The number of hydrogen-bond acceptors (Lipinski definition) is 5. The molecule has 0 aliphatic carbocycles. The van der Waals surface area contributed by atoms with Gasteiger partial charge in [0.15, 0.2) is 0 Å². The number of rotatable bonds is 9. The van der Waals surface area contributed by atoms with Crippen LogP contribution >= 0.6 is 11.8 Å². The highest BCUT2D eigenvalue weighted by Crippen LogP contribution is 2.18. The summed E-state index contributed by atoms with van der Waals surface area (Å²) in [5.41, 5.74) is 6.89. The van der Waals surface area contributed by atoms with Crippen LogP contribution in [-0.2, 0) is 6.42 Å². The van der Waals surface area contributed by atoms with Crippen molar-refractivity contribution in [1.82, 2.24) is 9.97 Å². The van der Waals surface area contributed by atoms with Crippen LogP contribution in [0.4, 0.5) is 11.6 Å². The van der Waals surface area contributed by atoms with Crippen molar-refractivity contribution in [2.24, 2.45) is 0 Å². The van der Waals surface area contributed by atoms with Crippen LogP contribution in [0.3, 0.4) is 0 Å². The van der Waals surface area contributed by atoms with Crippen molar-refractivity contribution in [1.29, 1.82) is 0 Å². The molecular formula is C14H26N4S. The Morgan fingerprint density at radius 3 is 2.68 bits per heavy atom. The molecular weight excluding hydrogens is 256 g/mol. The molecule has 0 aromatic carbocycles. The number of nitrogen functional groups attached to an aromatic ring is 1. The fourth-order valence-corrected chi connectivity index (χ4v) is 2.34. The Morgan fingerprint density at radius 1 is 1.21 bits per heavy atom. The molecule has 0 radical (unpaired) electrons. The minimum absolute atomic E-state index is 0.600. The molecule has 0 aliphatic rings. The SMILES string of the molecule is CCCc1nc(N)c(C)c(NCCCCCSC)n1. The molecule has 4 nitrogen and oxygen atoms in total. The van der Waals surface area contributed by atoms with Gasteiger partial charge in [-0.05, 0) is 38.2 Å². The van der Waals surface area contributed by atoms with Crippen molar-refractivity contribution in [3.05, 3.63) is 11.4 Å². The van der Waals surface area contributed by atoms with Gasteiger partial charge < -0.3 is 11.1 Å². The van der Waals surface area contributed by atoms with Gasteiger partial charge in [0, 0.05) is 18.5 Å². The summed E-state index contributed by atoms with van der Waals surface area (Å²) >= 11 is 1.91. The maximum atomic E-state index is 5.93. The average Bonchev–Trinajstić information content (AvgIpc) is 2.39. The molecule has 1 aromatic heterocycles. The third-order valence-corrected chi connectivity index (χ3v) is 3.72. The van der Waals surface area contributed by atoms with Gasteiger partial charge in [0.25, 0.3) is 0 Å². The molecule has 0 aliphatic heterocycles. The molecule has 5 heteroatoms. The summed E-state index contributed by atoms with van der Waals surface area (Å²) in [6.45, 7) is 5.05. The maximum absolute atomic E-state index is 5.93. The van der Waals surface area contributed by atoms with Crippen LogP contribution in [-0.4, -0.2) is 28.5 Å². The highest BCUT2D eigenvalue weighted by atomic mass is 32.2. The van der Waals surface area contributed by atoms with Gasteiger partial charge >= 0.3 is 0 Å². The number of nitrogens with zero attached hydrogens (tertiary/aromatic N) is 2. The van der Waals surface area contributed by atoms with Crippen LogP contribution < -0.4 is 11.1 Å². The zero-order valence-electron chi connectivity index (χ0n) is 12.3. The molecule has 0 amide bonds. The minimum Gasteiger partial charge on any atom is -0.383 e. The fourth-order valence-electron chi connectivity index (χ4n) is 1.84. The van der Waals surface area contributed by atoms with Gasteiger partial charge in [-0.25, -0.2) is 9.97 Å². The Morgan fingerprint density at radius 2 is 2.00 bits per heavy atom. The summed E-state index contributed by atoms with van der Waals surface area (Å²) in [5, 5.41) is 3.39. The molecule has 0 bridgehead atoms. The number of anilines is 2. The van der Waals surface area contributed by atoms with Crippen molar-refractivity contribution in [2.75, 3.05) is 29.6 Å². The Labute approximate surface area is 121 Å². The minimum atomic E-state index is 0.600. The van der Waals surface area contributed by atoms with Crippen molar-refractivity contribution in [3.63, 3.8) is 0 Å². The van der Waals surface area contributed by atoms with Crippen molar-refractivity contribution < 1.29 is 0 Å². The van der Waals surface area contributed by atoms with Crippen LogP contribution in [0.1, 0.15) is 44.0 Å². The lowest BCUT2D eigenvalue weighted by atomic mass is 10.2. The molecule has 19 heavy (non-hydrogen) atoms. The smallest absolute Gasteiger partial charge is 0.134 e. The Kier molecular flexibility index (Phi) is 7.63. The molecule has 1 aromatic rings. The van der Waals surface area contributed by atoms with E-state index in [0.717, 1.165) is 36.6 Å². The topological polar surface area (TPSA) is 63.8 Å². The molecule has 108 valence electrons. The van der Waals surface area contributed by atoms with E-state index in [-0.39, 0.29) is 0 Å². The van der Waals surface area contributed by atoms with E-state index >= 15 is 0 Å². The Hall–Kier alpha value is -0.970. The van der Waals surface area contributed by atoms with Crippen LogP contribution in [0.15, 0.2) is 0 Å². The lowest BCUT2D eigenvalue weighted by Gasteiger charge is -2.11. The first-order chi connectivity index (χ1) is 9.19. The number of aryl methyl sites for hydroxylation is 1. The van der Waals surface area contributed by atoms with E-state index in [1.165, 1.54) is 25.0 Å². The lowest BCUT2D eigenvalue weighted by molar-refractivity contribution is 0.745. The van der Waals surface area contributed by atoms with E-state index < -0.39 is 0 Å². The molecule has 0 saturated heterocycles. The molecule has 3 N–H and O–H groups in total. The predicted molar refractivity (Wildman–Crippen MR) is 85.9 cm³/mol. The second-order valence-electron chi connectivity index (χ2n) is 4.73. The zero-order valence-corrected chi connectivity index (χ0v) is 13.1. The number of unbranched alkanes of at least 4 members (excludes halogenated alkanes) is 2. The third kappa shape index (κ3) is 5.68. The maximum Gasteiger partial charge on any atom is 0.134 e. The van der Waals surface area contributed by atoms with Crippen LogP contribution in [0.5, 0.6) is 0 Å². The predicted octanol–water partition coefficient (Wildman–Crippen LogP) is 3.26. The number of nitrogens with two attached hydrogens (primary N) is 1. The molecule has 0 atom stereocenters. The van der Waals surface area contributed by atoms with E-state index in [2.05, 4.69) is 28.5 Å². The summed E-state index contributed by atoms with van der Waals surface area (Å²) in [4.78, 5) is 8.87. The van der Waals surface area contributed by atoms with Crippen LogP contribution in [0, 0.1) is 6.92 Å². The van der Waals surface area contributed by atoms with E-state index in [1.807, 2.05) is 18.7 Å². The highest BCUT2D eigenvalue weighted by molar-refractivity contribution is 7.98. The average molecular weight is 282 g/mol. The number of hydrogen-bond donors (Lipinski definition) is 2.